The van der Waals surface area contributed by atoms with E-state index in [1.165, 1.54) is 0 Å². The zero-order valence-electron chi connectivity index (χ0n) is 17.3. The number of urea groups is 1. The molecule has 3 rings (SSSR count). The van der Waals surface area contributed by atoms with Crippen LogP contribution in [0.1, 0.15) is 34.4 Å². The summed E-state index contributed by atoms with van der Waals surface area (Å²) in [5, 5.41) is 13.9. The number of carboxylic acid groups (broad SMARTS) is 1. The molecule has 10 heteroatoms. The molecule has 0 radical (unpaired) electrons. The molecule has 0 bridgehead atoms. The number of nitrogens with two attached hydrogens (primary N) is 1. The van der Waals surface area contributed by atoms with Crippen LogP contribution in [0.3, 0.4) is 0 Å². The van der Waals surface area contributed by atoms with Crippen molar-refractivity contribution in [2.75, 3.05) is 17.2 Å². The number of amides is 3. The van der Waals surface area contributed by atoms with Gasteiger partial charge >= 0.3 is 12.0 Å². The molecule has 1 aromatic heterocycles. The number of primary amides is 1. The summed E-state index contributed by atoms with van der Waals surface area (Å²) < 4.78 is 5.09. The summed E-state index contributed by atoms with van der Waals surface area (Å²) in [4.78, 5) is 41.8. The quantitative estimate of drug-likeness (QED) is 0.346. The normalized spacial score (nSPS) is 10.4. The number of rotatable bonds is 9. The fraction of sp³-hybridized carbons (Fsp3) is 0.182. The first-order valence-electron chi connectivity index (χ1n) is 9.83. The monoisotopic (exact) mass is 437 g/mol. The van der Waals surface area contributed by atoms with Crippen LogP contribution in [-0.2, 0) is 17.6 Å². The van der Waals surface area contributed by atoms with Crippen molar-refractivity contribution in [3.05, 3.63) is 71.2 Å². The number of aromatic nitrogens is 2. The van der Waals surface area contributed by atoms with E-state index < -0.39 is 24.5 Å². The molecule has 0 aliphatic carbocycles. The number of hydrogen-bond donors (Lipinski definition) is 5. The number of carbonyl (C=O) groups excluding carboxylic acids is 2. The Labute approximate surface area is 183 Å². The number of carbonyl (C=O) groups is 3. The van der Waals surface area contributed by atoms with E-state index in [1.54, 1.807) is 36.4 Å². The molecule has 6 N–H and O–H groups in total. The molecule has 0 saturated carbocycles. The maximum atomic E-state index is 12.3. The predicted molar refractivity (Wildman–Crippen MR) is 118 cm³/mol. The van der Waals surface area contributed by atoms with Crippen LogP contribution in [-0.4, -0.2) is 39.6 Å². The number of H-pyrrole nitrogens is 1. The summed E-state index contributed by atoms with van der Waals surface area (Å²) in [6.45, 7) is 1.61. The average molecular weight is 437 g/mol. The molecule has 1 heterocycles. The Balaban J connectivity index is 1.67. The van der Waals surface area contributed by atoms with Gasteiger partial charge in [0, 0.05) is 12.1 Å². The lowest BCUT2D eigenvalue weighted by Crippen LogP contribution is -2.22. The minimum Gasteiger partial charge on any atom is -0.482 e. The smallest absolute Gasteiger partial charge is 0.341 e. The molecule has 3 amide bonds. The molecule has 0 unspecified atom stereocenters. The van der Waals surface area contributed by atoms with Gasteiger partial charge in [-0.25, -0.2) is 14.6 Å². The lowest BCUT2D eigenvalue weighted by atomic mass is 10.1. The third-order valence-corrected chi connectivity index (χ3v) is 4.50. The van der Waals surface area contributed by atoms with Gasteiger partial charge in [-0.3, -0.25) is 10.1 Å². The lowest BCUT2D eigenvalue weighted by Gasteiger charge is -2.07. The summed E-state index contributed by atoms with van der Waals surface area (Å²) in [7, 11) is 0. The van der Waals surface area contributed by atoms with Crippen molar-refractivity contribution in [2.24, 2.45) is 5.73 Å². The minimum absolute atomic E-state index is 0.0853. The first kappa shape index (κ1) is 22.3. The Morgan fingerprint density at radius 1 is 1.03 bits per heavy atom. The predicted octanol–water partition coefficient (Wildman–Crippen LogP) is 2.77. The van der Waals surface area contributed by atoms with Crippen molar-refractivity contribution in [3.8, 4) is 5.75 Å². The van der Waals surface area contributed by atoms with Gasteiger partial charge in [-0.1, -0.05) is 31.2 Å². The molecule has 3 aromatic rings. The maximum absolute atomic E-state index is 12.3. The third kappa shape index (κ3) is 6.08. The van der Waals surface area contributed by atoms with Crippen LogP contribution in [0.25, 0.3) is 0 Å². The summed E-state index contributed by atoms with van der Waals surface area (Å²) in [5.74, 6) is -0.921. The number of aryl methyl sites for hydroxylation is 1. The summed E-state index contributed by atoms with van der Waals surface area (Å²) in [5.41, 5.74) is 7.89. The molecule has 0 spiro atoms. The molecule has 0 saturated heterocycles. The number of imidazole rings is 1. The number of carboxylic acids is 1. The highest BCUT2D eigenvalue weighted by Crippen LogP contribution is 2.18. The van der Waals surface area contributed by atoms with Gasteiger partial charge in [-0.2, -0.15) is 0 Å². The van der Waals surface area contributed by atoms with Crippen molar-refractivity contribution >= 4 is 29.4 Å². The number of aromatic amines is 1. The van der Waals surface area contributed by atoms with Gasteiger partial charge < -0.3 is 25.9 Å². The Kier molecular flexibility index (Phi) is 7.06. The van der Waals surface area contributed by atoms with Crippen molar-refractivity contribution in [1.82, 2.24) is 9.97 Å². The van der Waals surface area contributed by atoms with Gasteiger partial charge in [-0.15, -0.1) is 0 Å². The number of hydrogen-bond acceptors (Lipinski definition) is 5. The standard InChI is InChI=1S/C22H23N5O5/c1-2-13-3-7-15(8-4-13)24-22(31)27-21-19(20(23)30)25-17(26-21)11-14-5-9-16(10-6-14)32-12-18(28)29/h3-10H,2,11-12H2,1H3,(H2,23,30)(H,25,26)(H,28,29)(H2,24,27,31). The van der Waals surface area contributed by atoms with Crippen molar-refractivity contribution < 1.29 is 24.2 Å². The van der Waals surface area contributed by atoms with Gasteiger partial charge in [0.2, 0.25) is 0 Å². The van der Waals surface area contributed by atoms with Crippen LogP contribution < -0.4 is 21.1 Å². The fourth-order valence-electron chi connectivity index (χ4n) is 2.92. The second-order valence-corrected chi connectivity index (χ2v) is 6.90. The fourth-order valence-corrected chi connectivity index (χ4v) is 2.92. The second kappa shape index (κ2) is 10.1. The number of anilines is 2. The molecule has 166 valence electrons. The van der Waals surface area contributed by atoms with E-state index in [9.17, 15) is 14.4 Å². The lowest BCUT2D eigenvalue weighted by molar-refractivity contribution is -0.139. The van der Waals surface area contributed by atoms with Gasteiger partial charge in [0.05, 0.1) is 0 Å². The SMILES string of the molecule is CCc1ccc(NC(=O)Nc2[nH]c(Cc3ccc(OCC(=O)O)cc3)nc2C(N)=O)cc1. The Morgan fingerprint density at radius 3 is 2.28 bits per heavy atom. The highest BCUT2D eigenvalue weighted by atomic mass is 16.5. The Morgan fingerprint density at radius 2 is 1.69 bits per heavy atom. The Hall–Kier alpha value is -4.34. The molecule has 0 atom stereocenters. The van der Waals surface area contributed by atoms with Crippen LogP contribution >= 0.6 is 0 Å². The third-order valence-electron chi connectivity index (χ3n) is 4.50. The van der Waals surface area contributed by atoms with E-state index in [-0.39, 0.29) is 11.5 Å². The van der Waals surface area contributed by atoms with Crippen LogP contribution in [0.2, 0.25) is 0 Å². The molecular formula is C22H23N5O5. The van der Waals surface area contributed by atoms with E-state index in [0.29, 0.717) is 23.7 Å². The summed E-state index contributed by atoms with van der Waals surface area (Å²) >= 11 is 0. The van der Waals surface area contributed by atoms with Gasteiger partial charge in [0.25, 0.3) is 5.91 Å². The van der Waals surface area contributed by atoms with Crippen molar-refractivity contribution in [1.29, 1.82) is 0 Å². The first-order valence-corrected chi connectivity index (χ1v) is 9.83. The number of benzene rings is 2. The van der Waals surface area contributed by atoms with Gasteiger partial charge in [0.1, 0.15) is 17.4 Å². The number of aliphatic carboxylic acids is 1. The van der Waals surface area contributed by atoms with Crippen LogP contribution in [0.4, 0.5) is 16.3 Å². The number of nitrogens with zero attached hydrogens (tertiary/aromatic N) is 1. The largest absolute Gasteiger partial charge is 0.482 e. The molecule has 10 nitrogen and oxygen atoms in total. The van der Waals surface area contributed by atoms with Gasteiger partial charge in [-0.05, 0) is 41.8 Å². The van der Waals surface area contributed by atoms with E-state index in [2.05, 4.69) is 20.6 Å². The van der Waals surface area contributed by atoms with Crippen molar-refractivity contribution in [3.63, 3.8) is 0 Å². The van der Waals surface area contributed by atoms with E-state index in [4.69, 9.17) is 15.6 Å². The summed E-state index contributed by atoms with van der Waals surface area (Å²) in [6, 6.07) is 13.6. The van der Waals surface area contributed by atoms with E-state index in [1.807, 2.05) is 19.1 Å². The zero-order valence-corrected chi connectivity index (χ0v) is 17.3. The minimum atomic E-state index is -1.06. The molecule has 0 fully saturated rings. The molecule has 0 aliphatic rings. The Bertz CT molecular complexity index is 1110. The first-order chi connectivity index (χ1) is 15.3. The molecule has 0 aliphatic heterocycles. The van der Waals surface area contributed by atoms with E-state index in [0.717, 1.165) is 17.5 Å². The second-order valence-electron chi connectivity index (χ2n) is 6.90. The molecular weight excluding hydrogens is 414 g/mol. The van der Waals surface area contributed by atoms with Crippen molar-refractivity contribution in [2.45, 2.75) is 19.8 Å². The highest BCUT2D eigenvalue weighted by molar-refractivity contribution is 6.04. The van der Waals surface area contributed by atoms with Crippen LogP contribution in [0.5, 0.6) is 5.75 Å². The highest BCUT2D eigenvalue weighted by Gasteiger charge is 2.17. The topological polar surface area (TPSA) is 159 Å². The molecule has 32 heavy (non-hydrogen) atoms. The zero-order chi connectivity index (χ0) is 23.1. The van der Waals surface area contributed by atoms with Crippen LogP contribution in [0, 0.1) is 0 Å². The molecule has 2 aromatic carbocycles. The average Bonchev–Trinajstić information content (AvgIpc) is 3.16. The number of nitrogens with one attached hydrogen (secondary N) is 3. The van der Waals surface area contributed by atoms with Gasteiger partial charge in [0.15, 0.2) is 12.3 Å². The summed E-state index contributed by atoms with van der Waals surface area (Å²) in [6.07, 6.45) is 1.21. The number of ether oxygens (including phenoxy) is 1. The van der Waals surface area contributed by atoms with E-state index >= 15 is 0 Å². The van der Waals surface area contributed by atoms with Crippen LogP contribution in [0.15, 0.2) is 48.5 Å². The maximum Gasteiger partial charge on any atom is 0.341 e.